The van der Waals surface area contributed by atoms with Crippen LogP contribution in [0, 0.1) is 0 Å². The normalized spacial score (nSPS) is 10.6. The number of rotatable bonds is 3. The second kappa shape index (κ2) is 4.37. The fourth-order valence-electron chi connectivity index (χ4n) is 1.79. The summed E-state index contributed by atoms with van der Waals surface area (Å²) < 4.78 is 1.92. The first-order chi connectivity index (χ1) is 7.74. The first-order valence-electron chi connectivity index (χ1n) is 5.17. The molecular weight excluding hydrogens is 204 g/mol. The standard InChI is InChI=1S/C12H14N2O2/c1-14-8-10(12(16)13-6-7-15)9-4-2-3-5-11(9)14/h2-5,8,15H,6-7H2,1H3,(H,13,16). The molecule has 4 heteroatoms. The van der Waals surface area contributed by atoms with E-state index in [-0.39, 0.29) is 19.1 Å². The average Bonchev–Trinajstić information content (AvgIpc) is 2.65. The predicted molar refractivity (Wildman–Crippen MR) is 62.3 cm³/mol. The largest absolute Gasteiger partial charge is 0.395 e. The van der Waals surface area contributed by atoms with Crippen molar-refractivity contribution < 1.29 is 9.90 Å². The van der Waals surface area contributed by atoms with Gasteiger partial charge < -0.3 is 15.0 Å². The molecule has 0 atom stereocenters. The fraction of sp³-hybridized carbons (Fsp3) is 0.250. The zero-order valence-electron chi connectivity index (χ0n) is 9.10. The summed E-state index contributed by atoms with van der Waals surface area (Å²) in [6, 6.07) is 7.74. The van der Waals surface area contributed by atoms with Gasteiger partial charge in [0.15, 0.2) is 0 Å². The van der Waals surface area contributed by atoms with E-state index in [2.05, 4.69) is 5.32 Å². The summed E-state index contributed by atoms with van der Waals surface area (Å²) in [7, 11) is 1.91. The van der Waals surface area contributed by atoms with Gasteiger partial charge in [0.2, 0.25) is 0 Å². The van der Waals surface area contributed by atoms with Gasteiger partial charge in [0, 0.05) is 30.7 Å². The highest BCUT2D eigenvalue weighted by Crippen LogP contribution is 2.19. The van der Waals surface area contributed by atoms with Gasteiger partial charge in [0.1, 0.15) is 0 Å². The zero-order valence-corrected chi connectivity index (χ0v) is 9.10. The third kappa shape index (κ3) is 1.79. The van der Waals surface area contributed by atoms with Crippen molar-refractivity contribution in [3.8, 4) is 0 Å². The van der Waals surface area contributed by atoms with Gasteiger partial charge in [0.25, 0.3) is 5.91 Å². The van der Waals surface area contributed by atoms with Crippen LogP contribution in [0.3, 0.4) is 0 Å². The van der Waals surface area contributed by atoms with Gasteiger partial charge in [-0.05, 0) is 6.07 Å². The van der Waals surface area contributed by atoms with E-state index in [0.717, 1.165) is 10.9 Å². The van der Waals surface area contributed by atoms with Gasteiger partial charge in [-0.15, -0.1) is 0 Å². The lowest BCUT2D eigenvalue weighted by molar-refractivity contribution is 0.0946. The molecule has 1 aromatic heterocycles. The van der Waals surface area contributed by atoms with Crippen LogP contribution in [-0.2, 0) is 7.05 Å². The van der Waals surface area contributed by atoms with Crippen molar-refractivity contribution in [2.24, 2.45) is 7.05 Å². The minimum absolute atomic E-state index is 0.0451. The number of amides is 1. The molecule has 0 aliphatic heterocycles. The number of aliphatic hydroxyl groups excluding tert-OH is 1. The van der Waals surface area contributed by atoms with E-state index < -0.39 is 0 Å². The number of nitrogens with one attached hydrogen (secondary N) is 1. The Kier molecular flexibility index (Phi) is 2.92. The molecule has 0 spiro atoms. The molecule has 84 valence electrons. The Hall–Kier alpha value is -1.81. The Balaban J connectivity index is 2.41. The zero-order chi connectivity index (χ0) is 11.5. The third-order valence-corrected chi connectivity index (χ3v) is 2.54. The number of carbonyl (C=O) groups excluding carboxylic acids is 1. The summed E-state index contributed by atoms with van der Waals surface area (Å²) in [6.07, 6.45) is 1.80. The van der Waals surface area contributed by atoms with Crippen molar-refractivity contribution in [3.63, 3.8) is 0 Å². The second-order valence-corrected chi connectivity index (χ2v) is 3.65. The molecular formula is C12H14N2O2. The van der Waals surface area contributed by atoms with Gasteiger partial charge >= 0.3 is 0 Å². The van der Waals surface area contributed by atoms with Crippen LogP contribution >= 0.6 is 0 Å². The van der Waals surface area contributed by atoms with E-state index in [4.69, 9.17) is 5.11 Å². The van der Waals surface area contributed by atoms with E-state index in [0.29, 0.717) is 5.56 Å². The number of para-hydroxylation sites is 1. The number of aryl methyl sites for hydroxylation is 1. The molecule has 1 heterocycles. The fourth-order valence-corrected chi connectivity index (χ4v) is 1.79. The van der Waals surface area contributed by atoms with E-state index in [9.17, 15) is 4.79 Å². The molecule has 0 bridgehead atoms. The van der Waals surface area contributed by atoms with Crippen LogP contribution in [-0.4, -0.2) is 28.7 Å². The van der Waals surface area contributed by atoms with Gasteiger partial charge in [-0.1, -0.05) is 18.2 Å². The smallest absolute Gasteiger partial charge is 0.253 e. The van der Waals surface area contributed by atoms with Gasteiger partial charge in [-0.2, -0.15) is 0 Å². The molecule has 0 saturated heterocycles. The summed E-state index contributed by atoms with van der Waals surface area (Å²) in [6.45, 7) is 0.235. The summed E-state index contributed by atoms with van der Waals surface area (Å²) in [4.78, 5) is 11.8. The van der Waals surface area contributed by atoms with E-state index >= 15 is 0 Å². The van der Waals surface area contributed by atoms with Crippen molar-refractivity contribution in [2.75, 3.05) is 13.2 Å². The Labute approximate surface area is 93.5 Å². The maximum absolute atomic E-state index is 11.8. The Morgan fingerprint density at radius 1 is 1.44 bits per heavy atom. The van der Waals surface area contributed by atoms with Crippen molar-refractivity contribution in [3.05, 3.63) is 36.0 Å². The van der Waals surface area contributed by atoms with Crippen molar-refractivity contribution >= 4 is 16.8 Å². The average molecular weight is 218 g/mol. The van der Waals surface area contributed by atoms with Crippen molar-refractivity contribution in [1.29, 1.82) is 0 Å². The summed E-state index contributed by atoms with van der Waals surface area (Å²) in [5.41, 5.74) is 1.67. The van der Waals surface area contributed by atoms with Crippen LogP contribution < -0.4 is 5.32 Å². The summed E-state index contributed by atoms with van der Waals surface area (Å²) >= 11 is 0. The monoisotopic (exact) mass is 218 g/mol. The molecule has 2 aromatic rings. The van der Waals surface area contributed by atoms with Gasteiger partial charge in [-0.25, -0.2) is 0 Å². The minimum Gasteiger partial charge on any atom is -0.395 e. The molecule has 2 rings (SSSR count). The second-order valence-electron chi connectivity index (χ2n) is 3.65. The highest BCUT2D eigenvalue weighted by molar-refractivity contribution is 6.06. The Morgan fingerprint density at radius 3 is 2.94 bits per heavy atom. The quantitative estimate of drug-likeness (QED) is 0.804. The topological polar surface area (TPSA) is 54.3 Å². The molecule has 0 aliphatic carbocycles. The van der Waals surface area contributed by atoms with Crippen LogP contribution in [0.15, 0.2) is 30.5 Å². The third-order valence-electron chi connectivity index (χ3n) is 2.54. The molecule has 0 radical (unpaired) electrons. The van der Waals surface area contributed by atoms with Gasteiger partial charge in [-0.3, -0.25) is 4.79 Å². The maximum atomic E-state index is 11.8. The molecule has 0 saturated carbocycles. The number of nitrogens with zero attached hydrogens (tertiary/aromatic N) is 1. The van der Waals surface area contributed by atoms with Crippen LogP contribution in [0.4, 0.5) is 0 Å². The first kappa shape index (κ1) is 10.7. The Morgan fingerprint density at radius 2 is 2.19 bits per heavy atom. The van der Waals surface area contributed by atoms with Crippen LogP contribution in [0.5, 0.6) is 0 Å². The minimum atomic E-state index is -0.147. The van der Waals surface area contributed by atoms with Gasteiger partial charge in [0.05, 0.1) is 12.2 Å². The molecule has 16 heavy (non-hydrogen) atoms. The lowest BCUT2D eigenvalue weighted by Gasteiger charge is -2.00. The van der Waals surface area contributed by atoms with E-state index in [1.807, 2.05) is 35.9 Å². The highest BCUT2D eigenvalue weighted by atomic mass is 16.3. The number of fused-ring (bicyclic) bond motifs is 1. The van der Waals surface area contributed by atoms with Crippen LogP contribution in [0.1, 0.15) is 10.4 Å². The number of benzene rings is 1. The highest BCUT2D eigenvalue weighted by Gasteiger charge is 2.12. The number of aliphatic hydroxyl groups is 1. The predicted octanol–water partition coefficient (Wildman–Crippen LogP) is 0.900. The number of aromatic nitrogens is 1. The van der Waals surface area contributed by atoms with Crippen LogP contribution in [0.2, 0.25) is 0 Å². The molecule has 4 nitrogen and oxygen atoms in total. The Bertz CT molecular complexity index is 517. The number of carbonyl (C=O) groups is 1. The summed E-state index contributed by atoms with van der Waals surface area (Å²) in [5.74, 6) is -0.147. The number of hydrogen-bond acceptors (Lipinski definition) is 2. The molecule has 0 aliphatic rings. The SMILES string of the molecule is Cn1cc(C(=O)NCCO)c2ccccc21. The van der Waals surface area contributed by atoms with Crippen molar-refractivity contribution in [1.82, 2.24) is 9.88 Å². The van der Waals surface area contributed by atoms with E-state index in [1.165, 1.54) is 0 Å². The van der Waals surface area contributed by atoms with E-state index in [1.54, 1.807) is 6.20 Å². The molecule has 2 N–H and O–H groups in total. The lowest BCUT2D eigenvalue weighted by Crippen LogP contribution is -2.26. The molecule has 1 amide bonds. The first-order valence-corrected chi connectivity index (χ1v) is 5.17. The molecule has 0 unspecified atom stereocenters. The molecule has 0 fully saturated rings. The van der Waals surface area contributed by atoms with Crippen LogP contribution in [0.25, 0.3) is 10.9 Å². The molecule has 1 aromatic carbocycles. The number of hydrogen-bond donors (Lipinski definition) is 2. The van der Waals surface area contributed by atoms with Crippen molar-refractivity contribution in [2.45, 2.75) is 0 Å². The maximum Gasteiger partial charge on any atom is 0.253 e. The lowest BCUT2D eigenvalue weighted by atomic mass is 10.1. The summed E-state index contributed by atoms with van der Waals surface area (Å²) in [5, 5.41) is 12.2.